The van der Waals surface area contributed by atoms with Crippen molar-refractivity contribution in [3.05, 3.63) is 42.5 Å². The van der Waals surface area contributed by atoms with E-state index in [0.717, 1.165) is 11.3 Å². The van der Waals surface area contributed by atoms with Crippen LogP contribution in [0.5, 0.6) is 5.75 Å². The maximum atomic E-state index is 11.3. The van der Waals surface area contributed by atoms with E-state index < -0.39 is 11.4 Å². The summed E-state index contributed by atoms with van der Waals surface area (Å²) in [5.41, 5.74) is -0.166. The molecule has 17 heavy (non-hydrogen) atoms. The Morgan fingerprint density at radius 1 is 1.47 bits per heavy atom. The summed E-state index contributed by atoms with van der Waals surface area (Å²) in [6.07, 6.45) is 2.03. The molecule has 1 atom stereocenters. The number of rotatable bonds is 6. The molecule has 1 N–H and O–H groups in total. The third-order valence-corrected chi connectivity index (χ3v) is 2.83. The molecule has 1 aromatic carbocycles. The molecule has 0 aromatic heterocycles. The van der Waals surface area contributed by atoms with Gasteiger partial charge >= 0.3 is 5.97 Å². The summed E-state index contributed by atoms with van der Waals surface area (Å²) in [4.78, 5) is 11.3. The van der Waals surface area contributed by atoms with E-state index in [1.807, 2.05) is 6.92 Å². The molecular formula is C14H18O3. The van der Waals surface area contributed by atoms with Crippen molar-refractivity contribution in [2.75, 3.05) is 6.61 Å². The Morgan fingerprint density at radius 3 is 2.47 bits per heavy atom. The molecule has 0 spiro atoms. The summed E-state index contributed by atoms with van der Waals surface area (Å²) in [5.74, 6) is -0.0934. The molecule has 0 aliphatic heterocycles. The van der Waals surface area contributed by atoms with Gasteiger partial charge in [0.05, 0.1) is 12.0 Å². The van der Waals surface area contributed by atoms with Crippen molar-refractivity contribution in [3.8, 4) is 5.75 Å². The zero-order valence-electron chi connectivity index (χ0n) is 10.3. The Morgan fingerprint density at radius 2 is 2.06 bits per heavy atom. The average Bonchev–Trinajstić information content (AvgIpc) is 2.30. The van der Waals surface area contributed by atoms with Gasteiger partial charge in [0, 0.05) is 0 Å². The lowest BCUT2D eigenvalue weighted by atomic mass is 9.79. The van der Waals surface area contributed by atoms with E-state index in [1.165, 1.54) is 0 Å². The van der Waals surface area contributed by atoms with E-state index >= 15 is 0 Å². The van der Waals surface area contributed by atoms with Crippen molar-refractivity contribution in [2.24, 2.45) is 0 Å². The first-order valence-electron chi connectivity index (χ1n) is 5.62. The van der Waals surface area contributed by atoms with Gasteiger partial charge in [0.25, 0.3) is 0 Å². The molecule has 92 valence electrons. The van der Waals surface area contributed by atoms with E-state index in [2.05, 4.69) is 6.58 Å². The Balaban J connectivity index is 3.03. The minimum absolute atomic E-state index is 0.399. The van der Waals surface area contributed by atoms with Crippen molar-refractivity contribution in [1.29, 1.82) is 0 Å². The van der Waals surface area contributed by atoms with Gasteiger partial charge in [-0.1, -0.05) is 18.2 Å². The van der Waals surface area contributed by atoms with Gasteiger partial charge in [-0.15, -0.1) is 6.58 Å². The first-order valence-corrected chi connectivity index (χ1v) is 5.62. The van der Waals surface area contributed by atoms with Gasteiger partial charge in [-0.3, -0.25) is 4.79 Å². The number of hydrogen-bond donors (Lipinski definition) is 1. The van der Waals surface area contributed by atoms with E-state index in [0.29, 0.717) is 13.0 Å². The fourth-order valence-electron chi connectivity index (χ4n) is 1.70. The first kappa shape index (κ1) is 13.3. The van der Waals surface area contributed by atoms with Crippen LogP contribution in [0, 0.1) is 0 Å². The van der Waals surface area contributed by atoms with Crippen molar-refractivity contribution in [1.82, 2.24) is 0 Å². The zero-order chi connectivity index (χ0) is 12.9. The molecule has 1 unspecified atom stereocenters. The van der Waals surface area contributed by atoms with E-state index in [4.69, 9.17) is 4.74 Å². The SMILES string of the molecule is C=CCC(C)(C(=O)O)c1ccc(OCC)cc1. The molecule has 0 radical (unpaired) electrons. The number of carbonyl (C=O) groups is 1. The number of hydrogen-bond acceptors (Lipinski definition) is 2. The molecule has 1 rings (SSSR count). The number of aliphatic carboxylic acids is 1. The molecule has 0 aliphatic carbocycles. The Labute approximate surface area is 102 Å². The molecule has 0 fully saturated rings. The predicted molar refractivity (Wildman–Crippen MR) is 67.4 cm³/mol. The quantitative estimate of drug-likeness (QED) is 0.770. The summed E-state index contributed by atoms with van der Waals surface area (Å²) in [5, 5.41) is 9.31. The highest BCUT2D eigenvalue weighted by molar-refractivity contribution is 5.81. The fourth-order valence-corrected chi connectivity index (χ4v) is 1.70. The van der Waals surface area contributed by atoms with Gasteiger partial charge in [-0.25, -0.2) is 0 Å². The Bertz CT molecular complexity index is 394. The van der Waals surface area contributed by atoms with Crippen LogP contribution in [0.2, 0.25) is 0 Å². The van der Waals surface area contributed by atoms with Crippen LogP contribution in [0.4, 0.5) is 0 Å². The highest BCUT2D eigenvalue weighted by atomic mass is 16.5. The highest BCUT2D eigenvalue weighted by Crippen LogP contribution is 2.29. The first-order chi connectivity index (χ1) is 8.04. The maximum Gasteiger partial charge on any atom is 0.314 e. The lowest BCUT2D eigenvalue weighted by Gasteiger charge is -2.24. The second kappa shape index (κ2) is 5.53. The summed E-state index contributed by atoms with van der Waals surface area (Å²) < 4.78 is 5.33. The number of carboxylic acids is 1. The molecule has 0 saturated carbocycles. The van der Waals surface area contributed by atoms with Gasteiger partial charge in [0.2, 0.25) is 0 Å². The van der Waals surface area contributed by atoms with E-state index in [-0.39, 0.29) is 0 Å². The highest BCUT2D eigenvalue weighted by Gasteiger charge is 2.33. The molecule has 0 amide bonds. The molecule has 0 bridgehead atoms. The summed E-state index contributed by atoms with van der Waals surface area (Å²) >= 11 is 0. The minimum Gasteiger partial charge on any atom is -0.494 e. The zero-order valence-corrected chi connectivity index (χ0v) is 10.3. The van der Waals surface area contributed by atoms with Gasteiger partial charge < -0.3 is 9.84 Å². The van der Waals surface area contributed by atoms with Crippen LogP contribution in [0.3, 0.4) is 0 Å². The van der Waals surface area contributed by atoms with Crippen LogP contribution >= 0.6 is 0 Å². The van der Waals surface area contributed by atoms with Crippen LogP contribution < -0.4 is 4.74 Å². The molecular weight excluding hydrogens is 216 g/mol. The summed E-state index contributed by atoms with van der Waals surface area (Å²) in [7, 11) is 0. The standard InChI is InChI=1S/C14H18O3/c1-4-10-14(3,13(15)16)11-6-8-12(9-7-11)17-5-2/h4,6-9H,1,5,10H2,2-3H3,(H,15,16). The topological polar surface area (TPSA) is 46.5 Å². The van der Waals surface area contributed by atoms with Gasteiger partial charge in [-0.2, -0.15) is 0 Å². The lowest BCUT2D eigenvalue weighted by Crippen LogP contribution is -2.31. The number of carboxylic acid groups (broad SMARTS) is 1. The van der Waals surface area contributed by atoms with Crippen molar-refractivity contribution in [2.45, 2.75) is 25.7 Å². The summed E-state index contributed by atoms with van der Waals surface area (Å²) in [6, 6.07) is 7.18. The normalized spacial score (nSPS) is 13.8. The van der Waals surface area contributed by atoms with Gasteiger partial charge in [0.1, 0.15) is 5.75 Å². The monoisotopic (exact) mass is 234 g/mol. The van der Waals surface area contributed by atoms with E-state index in [1.54, 1.807) is 37.3 Å². The lowest BCUT2D eigenvalue weighted by molar-refractivity contribution is -0.143. The van der Waals surface area contributed by atoms with Gasteiger partial charge in [0.15, 0.2) is 0 Å². The van der Waals surface area contributed by atoms with E-state index in [9.17, 15) is 9.90 Å². The molecule has 1 aromatic rings. The largest absolute Gasteiger partial charge is 0.494 e. The third-order valence-electron chi connectivity index (χ3n) is 2.83. The number of allylic oxidation sites excluding steroid dienone is 1. The van der Waals surface area contributed by atoms with Gasteiger partial charge in [-0.05, 0) is 38.0 Å². The predicted octanol–water partition coefficient (Wildman–Crippen LogP) is 3.00. The second-order valence-corrected chi connectivity index (χ2v) is 4.09. The van der Waals surface area contributed by atoms with Crippen LogP contribution in [-0.4, -0.2) is 17.7 Å². The average molecular weight is 234 g/mol. The van der Waals surface area contributed by atoms with Crippen LogP contribution in [0.1, 0.15) is 25.8 Å². The molecule has 0 aliphatic rings. The molecule has 0 heterocycles. The fraction of sp³-hybridized carbons (Fsp3) is 0.357. The molecule has 0 saturated heterocycles. The van der Waals surface area contributed by atoms with Crippen molar-refractivity contribution in [3.63, 3.8) is 0 Å². The van der Waals surface area contributed by atoms with Crippen molar-refractivity contribution < 1.29 is 14.6 Å². The minimum atomic E-state index is -0.924. The van der Waals surface area contributed by atoms with Crippen LogP contribution in [0.25, 0.3) is 0 Å². The van der Waals surface area contributed by atoms with Crippen LogP contribution in [0.15, 0.2) is 36.9 Å². The smallest absolute Gasteiger partial charge is 0.314 e. The molecule has 3 heteroatoms. The molecule has 3 nitrogen and oxygen atoms in total. The Kier molecular flexibility index (Phi) is 4.32. The Hall–Kier alpha value is -1.77. The maximum absolute atomic E-state index is 11.3. The second-order valence-electron chi connectivity index (χ2n) is 4.09. The van der Waals surface area contributed by atoms with Crippen molar-refractivity contribution >= 4 is 5.97 Å². The number of ether oxygens (including phenoxy) is 1. The number of benzene rings is 1. The summed E-state index contributed by atoms with van der Waals surface area (Å²) in [6.45, 7) is 7.82. The third kappa shape index (κ3) is 2.87. The van der Waals surface area contributed by atoms with Crippen LogP contribution in [-0.2, 0) is 10.2 Å².